The van der Waals surface area contributed by atoms with E-state index < -0.39 is 17.3 Å². The summed E-state index contributed by atoms with van der Waals surface area (Å²) in [7, 11) is 1.50. The largest absolute Gasteiger partial charge is 0.508 e. The highest BCUT2D eigenvalue weighted by Gasteiger charge is 2.35. The molecule has 0 aliphatic carbocycles. The molecule has 0 spiro atoms. The fourth-order valence-corrected chi connectivity index (χ4v) is 4.56. The van der Waals surface area contributed by atoms with Crippen molar-refractivity contribution in [3.8, 4) is 45.8 Å². The van der Waals surface area contributed by atoms with E-state index in [-0.39, 0.29) is 47.2 Å². The third kappa shape index (κ3) is 3.31. The maximum absolute atomic E-state index is 13.1. The summed E-state index contributed by atoms with van der Waals surface area (Å²) in [6, 6.07) is 12.2. The van der Waals surface area contributed by atoms with Crippen molar-refractivity contribution in [1.29, 1.82) is 0 Å². The van der Waals surface area contributed by atoms with Crippen LogP contribution in [0.3, 0.4) is 0 Å². The Labute approximate surface area is 197 Å². The van der Waals surface area contributed by atoms with Crippen LogP contribution in [0.4, 0.5) is 0 Å². The first-order valence-electron chi connectivity index (χ1n) is 10.7. The van der Waals surface area contributed by atoms with Gasteiger partial charge in [0.25, 0.3) is 0 Å². The number of phenols is 2. The van der Waals surface area contributed by atoms with E-state index in [0.29, 0.717) is 33.9 Å². The van der Waals surface area contributed by atoms with Gasteiger partial charge in [0.2, 0.25) is 12.5 Å². The number of benzene rings is 3. The Morgan fingerprint density at radius 3 is 2.54 bits per heavy atom. The first kappa shape index (κ1) is 20.9. The maximum atomic E-state index is 13.1. The molecule has 9 heteroatoms. The van der Waals surface area contributed by atoms with Crippen molar-refractivity contribution in [2.24, 2.45) is 0 Å². The molecule has 35 heavy (non-hydrogen) atoms. The fourth-order valence-electron chi connectivity index (χ4n) is 4.56. The number of hydrogen-bond acceptors (Lipinski definition) is 9. The van der Waals surface area contributed by atoms with Crippen LogP contribution in [0.5, 0.6) is 34.5 Å². The van der Waals surface area contributed by atoms with E-state index in [4.69, 9.17) is 23.4 Å². The molecule has 4 aromatic rings. The smallest absolute Gasteiger partial charge is 0.312 e. The monoisotopic (exact) mass is 474 g/mol. The number of methoxy groups -OCH3 is 1. The van der Waals surface area contributed by atoms with Crippen LogP contribution >= 0.6 is 0 Å². The second kappa shape index (κ2) is 7.69. The molecule has 1 atom stereocenters. The van der Waals surface area contributed by atoms with Crippen LogP contribution in [0.1, 0.15) is 23.5 Å². The molecule has 0 saturated heterocycles. The molecule has 9 nitrogen and oxygen atoms in total. The molecule has 0 amide bonds. The highest BCUT2D eigenvalue weighted by atomic mass is 16.7. The fraction of sp³-hybridized carbons (Fsp3) is 0.154. The number of fused-ring (bicyclic) bond motifs is 4. The zero-order valence-corrected chi connectivity index (χ0v) is 18.4. The summed E-state index contributed by atoms with van der Waals surface area (Å²) in [5.74, 6) is 0.307. The normalized spacial score (nSPS) is 16.1. The summed E-state index contributed by atoms with van der Waals surface area (Å²) in [6.07, 6.45) is -0.0389. The second-order valence-electron chi connectivity index (χ2n) is 8.22. The molecule has 3 heterocycles. The van der Waals surface area contributed by atoms with Gasteiger partial charge >= 0.3 is 5.97 Å². The first-order chi connectivity index (χ1) is 16.9. The van der Waals surface area contributed by atoms with Crippen LogP contribution in [0, 0.1) is 0 Å². The van der Waals surface area contributed by atoms with Gasteiger partial charge in [0.05, 0.1) is 13.5 Å². The first-order valence-corrected chi connectivity index (χ1v) is 10.7. The number of carbonyl (C=O) groups is 1. The number of rotatable bonds is 3. The number of ether oxygens (including phenoxy) is 4. The standard InChI is InChI=1S/C26H18O9/c1-31-20-6-13(7-21-25(20)33-11-32-21)15-8-22(30)34-19-10-17(29)24-16(28)9-18(35-26(24)23(15)19)12-2-4-14(27)5-3-12/h2-7,9-10,15,27,29H,8,11H2,1H3. The molecule has 2 aliphatic heterocycles. The minimum Gasteiger partial charge on any atom is -0.508 e. The summed E-state index contributed by atoms with van der Waals surface area (Å²) in [5.41, 5.74) is 1.29. The van der Waals surface area contributed by atoms with Crippen LogP contribution < -0.4 is 24.4 Å². The van der Waals surface area contributed by atoms with Gasteiger partial charge in [0.1, 0.15) is 34.0 Å². The summed E-state index contributed by atoms with van der Waals surface area (Å²) in [5, 5.41) is 20.2. The molecule has 2 N–H and O–H groups in total. The average Bonchev–Trinajstić information content (AvgIpc) is 3.31. The number of carbonyl (C=O) groups excluding carboxylic acids is 1. The Balaban J connectivity index is 1.62. The number of aromatic hydroxyl groups is 2. The second-order valence-corrected chi connectivity index (χ2v) is 8.22. The van der Waals surface area contributed by atoms with E-state index in [0.717, 1.165) is 0 Å². The van der Waals surface area contributed by atoms with Gasteiger partial charge in [-0.25, -0.2) is 0 Å². The number of phenolic OH excluding ortho intramolecular Hbond substituents is 2. The predicted octanol–water partition coefficient (Wildman–Crippen LogP) is 4.05. The van der Waals surface area contributed by atoms with Gasteiger partial charge < -0.3 is 33.6 Å². The van der Waals surface area contributed by atoms with Crippen molar-refractivity contribution in [1.82, 2.24) is 0 Å². The molecule has 2 aliphatic rings. The predicted molar refractivity (Wildman–Crippen MR) is 122 cm³/mol. The summed E-state index contributed by atoms with van der Waals surface area (Å²) in [4.78, 5) is 25.6. The molecule has 1 aromatic heterocycles. The van der Waals surface area contributed by atoms with Gasteiger partial charge in [-0.2, -0.15) is 0 Å². The van der Waals surface area contributed by atoms with Crippen molar-refractivity contribution in [2.75, 3.05) is 13.9 Å². The quantitative estimate of drug-likeness (QED) is 0.334. The van der Waals surface area contributed by atoms with Gasteiger partial charge in [-0.1, -0.05) is 0 Å². The summed E-state index contributed by atoms with van der Waals surface area (Å²) < 4.78 is 28.1. The van der Waals surface area contributed by atoms with Crippen molar-refractivity contribution in [3.05, 3.63) is 69.9 Å². The van der Waals surface area contributed by atoms with E-state index in [9.17, 15) is 19.8 Å². The Bertz CT molecular complexity index is 1570. The minimum absolute atomic E-state index is 0.0260. The average molecular weight is 474 g/mol. The highest BCUT2D eigenvalue weighted by Crippen LogP contribution is 2.50. The third-order valence-corrected chi connectivity index (χ3v) is 6.16. The molecule has 0 bridgehead atoms. The van der Waals surface area contributed by atoms with E-state index >= 15 is 0 Å². The van der Waals surface area contributed by atoms with Crippen molar-refractivity contribution in [3.63, 3.8) is 0 Å². The Morgan fingerprint density at radius 2 is 1.77 bits per heavy atom. The molecule has 0 fully saturated rings. The van der Waals surface area contributed by atoms with Crippen LogP contribution in [-0.2, 0) is 4.79 Å². The van der Waals surface area contributed by atoms with Crippen LogP contribution in [0.2, 0.25) is 0 Å². The summed E-state index contributed by atoms with van der Waals surface area (Å²) >= 11 is 0. The molecule has 3 aromatic carbocycles. The SMILES string of the molecule is COc1cc(C2CC(=O)Oc3cc(O)c4c(=O)cc(-c5ccc(O)cc5)oc4c32)cc2c1OCO2. The van der Waals surface area contributed by atoms with Gasteiger partial charge in [-0.3, -0.25) is 9.59 Å². The summed E-state index contributed by atoms with van der Waals surface area (Å²) in [6.45, 7) is 0.0418. The van der Waals surface area contributed by atoms with Gasteiger partial charge in [0.15, 0.2) is 16.9 Å². The van der Waals surface area contributed by atoms with E-state index in [2.05, 4.69) is 0 Å². The lowest BCUT2D eigenvalue weighted by atomic mass is 9.84. The number of esters is 1. The third-order valence-electron chi connectivity index (χ3n) is 6.16. The van der Waals surface area contributed by atoms with Crippen LogP contribution in [0.15, 0.2) is 57.7 Å². The van der Waals surface area contributed by atoms with Crippen molar-refractivity contribution < 1.29 is 38.4 Å². The Kier molecular flexibility index (Phi) is 4.60. The van der Waals surface area contributed by atoms with Gasteiger partial charge in [-0.05, 0) is 42.0 Å². The molecule has 0 saturated carbocycles. The van der Waals surface area contributed by atoms with E-state index in [1.54, 1.807) is 24.3 Å². The van der Waals surface area contributed by atoms with Crippen LogP contribution in [0.25, 0.3) is 22.3 Å². The zero-order chi connectivity index (χ0) is 24.3. The van der Waals surface area contributed by atoms with Crippen LogP contribution in [-0.4, -0.2) is 30.1 Å². The molecule has 6 rings (SSSR count). The van der Waals surface area contributed by atoms with Crippen molar-refractivity contribution in [2.45, 2.75) is 12.3 Å². The lowest BCUT2D eigenvalue weighted by Gasteiger charge is -2.26. The Hall–Kier alpha value is -4.66. The molecule has 1 unspecified atom stereocenters. The number of hydrogen-bond donors (Lipinski definition) is 2. The topological polar surface area (TPSA) is 125 Å². The van der Waals surface area contributed by atoms with Gasteiger partial charge in [0, 0.05) is 29.2 Å². The van der Waals surface area contributed by atoms with E-state index in [1.807, 2.05) is 0 Å². The zero-order valence-electron chi connectivity index (χ0n) is 18.4. The lowest BCUT2D eigenvalue weighted by molar-refractivity contribution is -0.135. The molecular weight excluding hydrogens is 456 g/mol. The van der Waals surface area contributed by atoms with Crippen molar-refractivity contribution >= 4 is 16.9 Å². The Morgan fingerprint density at radius 1 is 0.971 bits per heavy atom. The molecule has 0 radical (unpaired) electrons. The highest BCUT2D eigenvalue weighted by molar-refractivity contribution is 5.93. The maximum Gasteiger partial charge on any atom is 0.312 e. The minimum atomic E-state index is -0.587. The van der Waals surface area contributed by atoms with E-state index in [1.165, 1.54) is 31.4 Å². The van der Waals surface area contributed by atoms with Gasteiger partial charge in [-0.15, -0.1) is 0 Å². The molecule has 176 valence electrons. The molecular formula is C26H18O9. The lowest BCUT2D eigenvalue weighted by Crippen LogP contribution is -2.22.